The summed E-state index contributed by atoms with van der Waals surface area (Å²) in [7, 11) is 4.40. The second kappa shape index (κ2) is 7.87. The predicted octanol–water partition coefficient (Wildman–Crippen LogP) is 4.97. The molecule has 5 rings (SSSR count). The van der Waals surface area contributed by atoms with Crippen LogP contribution in [0.25, 0.3) is 10.9 Å². The number of aromatic nitrogens is 2. The molecule has 4 aromatic rings. The van der Waals surface area contributed by atoms with E-state index in [4.69, 9.17) is 0 Å². The lowest BCUT2D eigenvalue weighted by molar-refractivity contribution is -0.653. The largest absolute Gasteiger partial charge is 0.272 e. The Balaban J connectivity index is 1.95. The van der Waals surface area contributed by atoms with Crippen LogP contribution in [-0.4, -0.2) is 10.7 Å². The number of aryl methyl sites for hydroxylation is 8. The Labute approximate surface area is 204 Å². The monoisotopic (exact) mass is 446 g/mol. The zero-order chi connectivity index (χ0) is 24.4. The van der Waals surface area contributed by atoms with Gasteiger partial charge in [-0.3, -0.25) is 9.13 Å². The first kappa shape index (κ1) is 22.5. The summed E-state index contributed by atoms with van der Waals surface area (Å²) in [6.07, 6.45) is 3.14. The Kier molecular flexibility index (Phi) is 5.20. The molecule has 0 unspecified atom stereocenters. The molecule has 3 aromatic carbocycles. The van der Waals surface area contributed by atoms with E-state index < -0.39 is 6.15 Å². The van der Waals surface area contributed by atoms with Gasteiger partial charge in [0.15, 0.2) is 6.15 Å². The molecule has 1 aliphatic rings. The Bertz CT molecular complexity index is 1410. The van der Waals surface area contributed by atoms with E-state index in [0.29, 0.717) is 0 Å². The van der Waals surface area contributed by atoms with E-state index in [0.717, 1.165) is 0 Å². The smallest absolute Gasteiger partial charge is 0.197 e. The van der Waals surface area contributed by atoms with Crippen molar-refractivity contribution >= 4 is 28.3 Å². The molecule has 34 heavy (non-hydrogen) atoms. The zero-order valence-corrected chi connectivity index (χ0v) is 21.8. The minimum Gasteiger partial charge on any atom is -0.272 e. The van der Waals surface area contributed by atoms with Crippen LogP contribution in [0.4, 0.5) is 0 Å². The molecule has 3 heteroatoms. The van der Waals surface area contributed by atoms with Crippen LogP contribution in [0.5, 0.6) is 0 Å². The summed E-state index contributed by atoms with van der Waals surface area (Å²) >= 11 is 0. The number of rotatable bonds is 4. The maximum atomic E-state index is 2.36. The van der Waals surface area contributed by atoms with E-state index >= 15 is 0 Å². The number of hydrogen-bond acceptors (Lipinski definition) is 0. The first-order valence-electron chi connectivity index (χ1n) is 12.3. The quantitative estimate of drug-likeness (QED) is 0.309. The highest BCUT2D eigenvalue weighted by atomic mass is 15.1. The van der Waals surface area contributed by atoms with Gasteiger partial charge in [-0.1, -0.05) is 88.0 Å². The topological polar surface area (TPSA) is 8.81 Å². The Morgan fingerprint density at radius 2 is 1.24 bits per heavy atom. The second-order valence-electron chi connectivity index (χ2n) is 10.5. The highest BCUT2D eigenvalue weighted by Gasteiger charge is 2.56. The van der Waals surface area contributed by atoms with E-state index in [9.17, 15) is 0 Å². The maximum Gasteiger partial charge on any atom is 0.197 e. The summed E-state index contributed by atoms with van der Waals surface area (Å²) < 4.78 is 4.68. The highest BCUT2D eigenvalue weighted by molar-refractivity contribution is 7.38. The Morgan fingerprint density at radius 1 is 0.706 bits per heavy atom. The summed E-state index contributed by atoms with van der Waals surface area (Å²) in [4.78, 5) is 0. The third-order valence-corrected chi connectivity index (χ3v) is 7.90. The van der Waals surface area contributed by atoms with Crippen LogP contribution in [0.3, 0.4) is 0 Å². The first-order chi connectivity index (χ1) is 16.2. The summed E-state index contributed by atoms with van der Waals surface area (Å²) in [6.45, 7) is 13.6. The fourth-order valence-corrected chi connectivity index (χ4v) is 7.08. The first-order valence-corrected chi connectivity index (χ1v) is 12.3. The molecule has 0 aliphatic carbocycles. The van der Waals surface area contributed by atoms with Gasteiger partial charge in [-0.25, -0.2) is 10.9 Å². The van der Waals surface area contributed by atoms with E-state index in [-0.39, 0.29) is 0 Å². The molecule has 0 amide bonds. The molecule has 1 aliphatic heterocycles. The maximum absolute atomic E-state index is 2.36. The van der Waals surface area contributed by atoms with Crippen molar-refractivity contribution in [2.24, 2.45) is 14.1 Å². The van der Waals surface area contributed by atoms with Crippen LogP contribution in [-0.2, 0) is 14.1 Å². The van der Waals surface area contributed by atoms with Gasteiger partial charge in [0.05, 0.1) is 19.8 Å². The third-order valence-electron chi connectivity index (χ3n) is 7.90. The molecular weight excluding hydrogens is 411 g/mol. The molecule has 0 radical (unpaired) electrons. The second-order valence-corrected chi connectivity index (χ2v) is 10.5. The van der Waals surface area contributed by atoms with E-state index in [1.54, 1.807) is 0 Å². The number of hydrogen-bond donors (Lipinski definition) is 0. The van der Waals surface area contributed by atoms with Crippen LogP contribution >= 0.6 is 0 Å². The summed E-state index contributed by atoms with van der Waals surface area (Å²) in [5.41, 5.74) is 16.7. The van der Waals surface area contributed by atoms with Crippen LogP contribution in [0.15, 0.2) is 67.0 Å². The molecule has 1 aromatic heterocycles. The molecule has 2 nitrogen and oxygen atoms in total. The summed E-state index contributed by atoms with van der Waals surface area (Å²) in [5, 5.41) is 0. The molecule has 172 valence electrons. The third kappa shape index (κ3) is 3.14. The standard InChI is InChI=1S/C31H35BN2/c1-20-16-22(3)27(23(4)17-20)30-29(26-12-10-9-11-13-26)32(30,31-33(7)14-15-34(31)8)28-24(5)18-21(2)19-25(28)6/h9-19H,1-8H3/t32-/m0/s1. The van der Waals surface area contributed by atoms with Gasteiger partial charge >= 0.3 is 0 Å². The van der Waals surface area contributed by atoms with Crippen LogP contribution in [0.2, 0.25) is 0 Å². The van der Waals surface area contributed by atoms with Crippen LogP contribution in [0, 0.1) is 41.5 Å². The van der Waals surface area contributed by atoms with Crippen molar-refractivity contribution in [3.8, 4) is 0 Å². The van der Waals surface area contributed by atoms with Crippen molar-refractivity contribution in [1.82, 2.24) is 4.57 Å². The predicted molar refractivity (Wildman–Crippen MR) is 146 cm³/mol. The Hall–Kier alpha value is -3.33. The highest BCUT2D eigenvalue weighted by Crippen LogP contribution is 2.55. The summed E-state index contributed by atoms with van der Waals surface area (Å²) in [6, 6.07) is 20.5. The average Bonchev–Trinajstić information content (AvgIpc) is 3.26. The fourth-order valence-electron chi connectivity index (χ4n) is 7.08. The SMILES string of the molecule is Cc1cc(C)c(C2=C(c3ccccc3)[B@-]2(c2c(C)cc(C)cc2C)c2n(C)cc[n+]2C)c(C)c1. The van der Waals surface area contributed by atoms with Gasteiger partial charge in [0.2, 0.25) is 0 Å². The fraction of sp³-hybridized carbons (Fsp3) is 0.258. The van der Waals surface area contributed by atoms with Gasteiger partial charge in [0.25, 0.3) is 0 Å². The molecule has 0 saturated carbocycles. The molecule has 1 atom stereocenters. The van der Waals surface area contributed by atoms with Crippen molar-refractivity contribution in [3.63, 3.8) is 0 Å². The van der Waals surface area contributed by atoms with Gasteiger partial charge in [-0.05, 0) is 52.7 Å². The van der Waals surface area contributed by atoms with Crippen molar-refractivity contribution in [2.75, 3.05) is 0 Å². The minimum atomic E-state index is -1.25. The molecule has 0 spiro atoms. The molecule has 0 bridgehead atoms. The molecule has 2 heterocycles. The van der Waals surface area contributed by atoms with Gasteiger partial charge in [-0.15, -0.1) is 0 Å². The lowest BCUT2D eigenvalue weighted by atomic mass is 9.26. The van der Waals surface area contributed by atoms with Crippen molar-refractivity contribution in [1.29, 1.82) is 0 Å². The molecular formula is C31H35BN2. The van der Waals surface area contributed by atoms with Crippen molar-refractivity contribution in [3.05, 3.63) is 111 Å². The zero-order valence-electron chi connectivity index (χ0n) is 21.8. The molecule has 0 N–H and O–H groups in total. The number of imidazole rings is 1. The van der Waals surface area contributed by atoms with E-state index in [2.05, 4.69) is 132 Å². The van der Waals surface area contributed by atoms with Crippen LogP contribution in [0.1, 0.15) is 44.5 Å². The van der Waals surface area contributed by atoms with Gasteiger partial charge in [0.1, 0.15) is 12.4 Å². The lowest BCUT2D eigenvalue weighted by Crippen LogP contribution is -2.66. The van der Waals surface area contributed by atoms with Gasteiger partial charge < -0.3 is 0 Å². The van der Waals surface area contributed by atoms with E-state index in [1.165, 1.54) is 66.6 Å². The van der Waals surface area contributed by atoms with Gasteiger partial charge in [0, 0.05) is 0 Å². The van der Waals surface area contributed by atoms with Crippen molar-refractivity contribution < 1.29 is 4.57 Å². The summed E-state index contributed by atoms with van der Waals surface area (Å²) in [5.74, 6) is 0. The lowest BCUT2D eigenvalue weighted by Gasteiger charge is -2.31. The number of benzene rings is 3. The van der Waals surface area contributed by atoms with Crippen molar-refractivity contribution in [2.45, 2.75) is 41.5 Å². The number of nitrogens with zero attached hydrogens (tertiary/aromatic N) is 2. The van der Waals surface area contributed by atoms with E-state index in [1.807, 2.05) is 0 Å². The van der Waals surface area contributed by atoms with Crippen LogP contribution < -0.4 is 15.8 Å². The normalized spacial score (nSPS) is 17.4. The molecule has 0 fully saturated rings. The van der Waals surface area contributed by atoms with Gasteiger partial charge in [-0.2, -0.15) is 5.46 Å². The Morgan fingerprint density at radius 3 is 1.74 bits per heavy atom. The average molecular weight is 446 g/mol. The minimum absolute atomic E-state index is 1.25. The molecule has 0 saturated heterocycles.